The monoisotopic (exact) mass is 232 g/mol. The fourth-order valence-electron chi connectivity index (χ4n) is 1.86. The van der Waals surface area contributed by atoms with Gasteiger partial charge >= 0.3 is 5.97 Å². The van der Waals surface area contributed by atoms with Crippen molar-refractivity contribution in [3.63, 3.8) is 0 Å². The second-order valence-electron chi connectivity index (χ2n) is 4.33. The Morgan fingerprint density at radius 3 is 2.71 bits per heavy atom. The highest BCUT2D eigenvalue weighted by Gasteiger charge is 2.31. The van der Waals surface area contributed by atoms with Crippen LogP contribution in [0.5, 0.6) is 0 Å². The lowest BCUT2D eigenvalue weighted by molar-refractivity contribution is -0.158. The van der Waals surface area contributed by atoms with Crippen molar-refractivity contribution >= 4 is 16.9 Å². The van der Waals surface area contributed by atoms with Crippen molar-refractivity contribution in [3.8, 4) is 0 Å². The van der Waals surface area contributed by atoms with Gasteiger partial charge in [-0.15, -0.1) is 0 Å². The normalized spacial score (nSPS) is 14.5. The van der Waals surface area contributed by atoms with E-state index in [2.05, 4.69) is 0 Å². The largest absolute Gasteiger partial charge is 0.457 e. The lowest BCUT2D eigenvalue weighted by atomic mass is 9.99. The van der Waals surface area contributed by atoms with Crippen molar-refractivity contribution in [2.24, 2.45) is 0 Å². The first-order valence-corrected chi connectivity index (χ1v) is 5.74. The van der Waals surface area contributed by atoms with Crippen LogP contribution in [0.3, 0.4) is 0 Å². The number of carbonyl (C=O) groups excluding carboxylic acids is 1. The van der Waals surface area contributed by atoms with E-state index >= 15 is 0 Å². The Bertz CT molecular complexity index is 508. The quantitative estimate of drug-likeness (QED) is 0.759. The summed E-state index contributed by atoms with van der Waals surface area (Å²) in [5, 5.41) is 1.02. The van der Waals surface area contributed by atoms with E-state index in [1.807, 2.05) is 44.2 Å². The zero-order valence-corrected chi connectivity index (χ0v) is 10.3. The van der Waals surface area contributed by atoms with Crippen molar-refractivity contribution in [2.45, 2.75) is 32.8 Å². The molecule has 0 saturated heterocycles. The maximum Gasteiger partial charge on any atom is 0.303 e. The Hall–Kier alpha value is -1.77. The van der Waals surface area contributed by atoms with E-state index in [1.165, 1.54) is 6.92 Å². The molecule has 0 aliphatic rings. The van der Waals surface area contributed by atoms with Gasteiger partial charge in [0.2, 0.25) is 0 Å². The van der Waals surface area contributed by atoms with Crippen LogP contribution in [0.15, 0.2) is 34.7 Å². The zero-order valence-electron chi connectivity index (χ0n) is 10.3. The molecule has 0 aliphatic heterocycles. The fourth-order valence-corrected chi connectivity index (χ4v) is 1.86. The van der Waals surface area contributed by atoms with Crippen molar-refractivity contribution in [1.29, 1.82) is 0 Å². The van der Waals surface area contributed by atoms with Gasteiger partial charge in [0.05, 0.1) is 0 Å². The SMILES string of the molecule is CCC(C)(OC(C)=O)c1cc2ccccc2o1. The highest BCUT2D eigenvalue weighted by molar-refractivity contribution is 5.78. The molecule has 1 atom stereocenters. The predicted molar refractivity (Wildman–Crippen MR) is 65.6 cm³/mol. The Labute approximate surface area is 100 Å². The van der Waals surface area contributed by atoms with Crippen LogP contribution in [0, 0.1) is 0 Å². The molecule has 0 N–H and O–H groups in total. The number of benzene rings is 1. The molecule has 3 nitrogen and oxygen atoms in total. The summed E-state index contributed by atoms with van der Waals surface area (Å²) >= 11 is 0. The Morgan fingerprint density at radius 2 is 2.12 bits per heavy atom. The summed E-state index contributed by atoms with van der Waals surface area (Å²) < 4.78 is 11.1. The first kappa shape index (κ1) is 11.7. The van der Waals surface area contributed by atoms with E-state index < -0.39 is 5.60 Å². The van der Waals surface area contributed by atoms with Crippen LogP contribution in [0.1, 0.15) is 33.0 Å². The second-order valence-corrected chi connectivity index (χ2v) is 4.33. The molecule has 3 heteroatoms. The molecule has 0 fully saturated rings. The van der Waals surface area contributed by atoms with Gasteiger partial charge < -0.3 is 9.15 Å². The van der Waals surface area contributed by atoms with Crippen LogP contribution in [0.2, 0.25) is 0 Å². The number of rotatable bonds is 3. The third kappa shape index (κ3) is 2.18. The molecule has 2 aromatic rings. The Morgan fingerprint density at radius 1 is 1.41 bits per heavy atom. The van der Waals surface area contributed by atoms with Crippen LogP contribution in [-0.4, -0.2) is 5.97 Å². The number of fused-ring (bicyclic) bond motifs is 1. The predicted octanol–water partition coefficient (Wildman–Crippen LogP) is 3.62. The van der Waals surface area contributed by atoms with Gasteiger partial charge in [0.1, 0.15) is 11.3 Å². The summed E-state index contributed by atoms with van der Waals surface area (Å²) in [7, 11) is 0. The molecule has 0 bridgehead atoms. The number of hydrogen-bond acceptors (Lipinski definition) is 3. The highest BCUT2D eigenvalue weighted by Crippen LogP contribution is 2.33. The molecule has 1 heterocycles. The summed E-state index contributed by atoms with van der Waals surface area (Å²) in [6, 6.07) is 9.69. The molecule has 0 amide bonds. The number of esters is 1. The number of hydrogen-bond donors (Lipinski definition) is 0. The number of ether oxygens (including phenoxy) is 1. The first-order valence-electron chi connectivity index (χ1n) is 5.74. The van der Waals surface area contributed by atoms with Crippen molar-refractivity contribution < 1.29 is 13.9 Å². The molecule has 1 unspecified atom stereocenters. The molecular formula is C14H16O3. The van der Waals surface area contributed by atoms with E-state index in [1.54, 1.807) is 0 Å². The standard InChI is InChI=1S/C14H16O3/c1-4-14(3,17-10(2)15)13-9-11-7-5-6-8-12(11)16-13/h5-9H,4H2,1-3H3. The summed E-state index contributed by atoms with van der Waals surface area (Å²) in [4.78, 5) is 11.1. The lowest BCUT2D eigenvalue weighted by Gasteiger charge is -2.25. The minimum atomic E-state index is -0.690. The molecule has 0 spiro atoms. The maximum atomic E-state index is 11.1. The highest BCUT2D eigenvalue weighted by atomic mass is 16.6. The smallest absolute Gasteiger partial charge is 0.303 e. The molecule has 2 rings (SSSR count). The van der Waals surface area contributed by atoms with Gasteiger partial charge in [-0.1, -0.05) is 25.1 Å². The first-order chi connectivity index (χ1) is 8.05. The van der Waals surface area contributed by atoms with Gasteiger partial charge in [-0.2, -0.15) is 0 Å². The molecular weight excluding hydrogens is 216 g/mol. The lowest BCUT2D eigenvalue weighted by Crippen LogP contribution is -2.26. The molecule has 17 heavy (non-hydrogen) atoms. The van der Waals surface area contributed by atoms with E-state index in [9.17, 15) is 4.79 Å². The molecule has 0 aliphatic carbocycles. The second kappa shape index (κ2) is 4.24. The third-order valence-corrected chi connectivity index (χ3v) is 2.99. The third-order valence-electron chi connectivity index (χ3n) is 2.99. The topological polar surface area (TPSA) is 39.4 Å². The average Bonchev–Trinajstić information content (AvgIpc) is 2.72. The summed E-state index contributed by atoms with van der Waals surface area (Å²) in [6.45, 7) is 5.25. The molecule has 1 aromatic carbocycles. The van der Waals surface area contributed by atoms with Crippen molar-refractivity contribution in [1.82, 2.24) is 0 Å². The van der Waals surface area contributed by atoms with Crippen LogP contribution < -0.4 is 0 Å². The van der Waals surface area contributed by atoms with Gasteiger partial charge in [0, 0.05) is 12.3 Å². The van der Waals surface area contributed by atoms with Crippen molar-refractivity contribution in [2.75, 3.05) is 0 Å². The van der Waals surface area contributed by atoms with E-state index in [4.69, 9.17) is 9.15 Å². The zero-order chi connectivity index (χ0) is 12.5. The maximum absolute atomic E-state index is 11.1. The van der Waals surface area contributed by atoms with E-state index in [-0.39, 0.29) is 5.97 Å². The molecule has 0 saturated carbocycles. The average molecular weight is 232 g/mol. The Kier molecular flexibility index (Phi) is 2.92. The van der Waals surface area contributed by atoms with Gasteiger partial charge in [0.15, 0.2) is 5.60 Å². The van der Waals surface area contributed by atoms with Gasteiger partial charge in [-0.25, -0.2) is 0 Å². The van der Waals surface area contributed by atoms with Gasteiger partial charge in [-0.3, -0.25) is 4.79 Å². The van der Waals surface area contributed by atoms with E-state index in [0.717, 1.165) is 11.0 Å². The molecule has 0 radical (unpaired) electrons. The summed E-state index contributed by atoms with van der Waals surface area (Å²) in [6.07, 6.45) is 0.673. The number of para-hydroxylation sites is 1. The number of carbonyl (C=O) groups is 1. The minimum Gasteiger partial charge on any atom is -0.457 e. The summed E-state index contributed by atoms with van der Waals surface area (Å²) in [5.41, 5.74) is 0.125. The van der Waals surface area contributed by atoms with Crippen LogP contribution >= 0.6 is 0 Å². The van der Waals surface area contributed by atoms with Crippen LogP contribution in [0.25, 0.3) is 11.0 Å². The van der Waals surface area contributed by atoms with Crippen molar-refractivity contribution in [3.05, 3.63) is 36.1 Å². The summed E-state index contributed by atoms with van der Waals surface area (Å²) in [5.74, 6) is 0.395. The molecule has 1 aromatic heterocycles. The Balaban J connectivity index is 2.46. The van der Waals surface area contributed by atoms with Gasteiger partial charge in [0.25, 0.3) is 0 Å². The van der Waals surface area contributed by atoms with Gasteiger partial charge in [-0.05, 0) is 25.5 Å². The van der Waals surface area contributed by atoms with Crippen LogP contribution in [0.4, 0.5) is 0 Å². The van der Waals surface area contributed by atoms with E-state index in [0.29, 0.717) is 12.2 Å². The van der Waals surface area contributed by atoms with Crippen LogP contribution in [-0.2, 0) is 15.1 Å². The minimum absolute atomic E-state index is 0.296. The number of furan rings is 1. The fraction of sp³-hybridized carbons (Fsp3) is 0.357. The molecule has 90 valence electrons.